The summed E-state index contributed by atoms with van der Waals surface area (Å²) in [5.74, 6) is -1.83. The molecule has 30 heavy (non-hydrogen) atoms. The van der Waals surface area contributed by atoms with Crippen molar-refractivity contribution in [3.05, 3.63) is 53.6 Å². The van der Waals surface area contributed by atoms with Crippen LogP contribution in [0.3, 0.4) is 0 Å². The predicted octanol–water partition coefficient (Wildman–Crippen LogP) is 1.60. The Hall–Kier alpha value is -3.40. The lowest BCUT2D eigenvalue weighted by atomic mass is 10.1. The topological polar surface area (TPSA) is 133 Å². The smallest absolute Gasteiger partial charge is 0.322 e. The normalized spacial score (nSPS) is 15.4. The first-order valence-corrected chi connectivity index (χ1v) is 10.6. The molecule has 3 N–H and O–H groups in total. The highest BCUT2D eigenvalue weighted by atomic mass is 32.2. The van der Waals surface area contributed by atoms with Crippen LogP contribution in [0.5, 0.6) is 0 Å². The molecule has 0 aliphatic carbocycles. The molecule has 0 fully saturated rings. The van der Waals surface area contributed by atoms with Crippen LogP contribution in [0, 0.1) is 0 Å². The first-order chi connectivity index (χ1) is 14.1. The Labute approximate surface area is 173 Å². The van der Waals surface area contributed by atoms with Crippen molar-refractivity contribution in [2.75, 3.05) is 16.2 Å². The summed E-state index contributed by atoms with van der Waals surface area (Å²) in [6, 6.07) is 10.2. The Morgan fingerprint density at radius 2 is 1.80 bits per heavy atom. The lowest BCUT2D eigenvalue weighted by Gasteiger charge is -2.20. The van der Waals surface area contributed by atoms with Crippen molar-refractivity contribution >= 4 is 39.2 Å². The molecule has 1 aliphatic rings. The molecule has 10 heteroatoms. The van der Waals surface area contributed by atoms with Gasteiger partial charge < -0.3 is 15.3 Å². The van der Waals surface area contributed by atoms with Gasteiger partial charge in [-0.05, 0) is 61.4 Å². The molecule has 158 valence electrons. The highest BCUT2D eigenvalue weighted by Gasteiger charge is 2.30. The van der Waals surface area contributed by atoms with Gasteiger partial charge in [-0.15, -0.1) is 0 Å². The van der Waals surface area contributed by atoms with Crippen molar-refractivity contribution in [1.82, 2.24) is 5.32 Å². The first-order valence-electron chi connectivity index (χ1n) is 9.14. The number of sulfonamides is 1. The van der Waals surface area contributed by atoms with Crippen molar-refractivity contribution < 1.29 is 27.9 Å². The van der Waals surface area contributed by atoms with Crippen LogP contribution in [0.4, 0.5) is 11.4 Å². The number of rotatable bonds is 6. The van der Waals surface area contributed by atoms with E-state index in [-0.39, 0.29) is 28.1 Å². The second-order valence-electron chi connectivity index (χ2n) is 6.99. The van der Waals surface area contributed by atoms with E-state index in [1.54, 1.807) is 17.0 Å². The molecule has 1 aliphatic heterocycles. The van der Waals surface area contributed by atoms with Crippen LogP contribution in [0.2, 0.25) is 0 Å². The van der Waals surface area contributed by atoms with Gasteiger partial charge in [-0.25, -0.2) is 8.42 Å². The Morgan fingerprint density at radius 3 is 2.40 bits per heavy atom. The van der Waals surface area contributed by atoms with Gasteiger partial charge in [-0.1, -0.05) is 0 Å². The molecule has 0 saturated heterocycles. The molecule has 0 aromatic heterocycles. The molecule has 0 radical (unpaired) electrons. The van der Waals surface area contributed by atoms with Crippen LogP contribution < -0.4 is 14.9 Å². The van der Waals surface area contributed by atoms with Gasteiger partial charge in [0, 0.05) is 29.9 Å². The number of nitrogens with zero attached hydrogens (tertiary/aromatic N) is 1. The van der Waals surface area contributed by atoms with E-state index in [0.717, 1.165) is 5.56 Å². The van der Waals surface area contributed by atoms with Crippen LogP contribution in [0.15, 0.2) is 47.4 Å². The van der Waals surface area contributed by atoms with Gasteiger partial charge in [-0.2, -0.15) is 0 Å². The number of fused-ring (bicyclic) bond motifs is 1. The Morgan fingerprint density at radius 1 is 1.13 bits per heavy atom. The number of aliphatic carboxylic acids is 1. The highest BCUT2D eigenvalue weighted by Crippen LogP contribution is 2.34. The molecular weight excluding hydrogens is 410 g/mol. The molecule has 2 amide bonds. The number of carboxylic acid groups (broad SMARTS) is 1. The maximum absolute atomic E-state index is 12.8. The van der Waals surface area contributed by atoms with Gasteiger partial charge in [0.15, 0.2) is 0 Å². The summed E-state index contributed by atoms with van der Waals surface area (Å²) in [5, 5.41) is 10.8. The van der Waals surface area contributed by atoms with Crippen LogP contribution in [-0.2, 0) is 26.0 Å². The second kappa shape index (κ2) is 8.15. The number of amides is 2. The molecule has 1 atom stereocenters. The van der Waals surface area contributed by atoms with Crippen LogP contribution in [0.25, 0.3) is 0 Å². The van der Waals surface area contributed by atoms with Crippen molar-refractivity contribution in [2.45, 2.75) is 31.2 Å². The number of hydrogen-bond donors (Lipinski definition) is 3. The Balaban J connectivity index is 1.76. The quantitative estimate of drug-likeness (QED) is 0.636. The zero-order chi connectivity index (χ0) is 22.1. The zero-order valence-corrected chi connectivity index (χ0v) is 17.2. The van der Waals surface area contributed by atoms with E-state index < -0.39 is 28.4 Å². The summed E-state index contributed by atoms with van der Waals surface area (Å²) < 4.78 is 28.0. The van der Waals surface area contributed by atoms with E-state index in [1.807, 2.05) is 6.92 Å². The van der Waals surface area contributed by atoms with Gasteiger partial charge in [0.25, 0.3) is 15.9 Å². The SMILES string of the molecule is CC(=O)N1c2ccc(S(=O)(=O)Nc3ccc(C(=O)NCC(=O)O)cc3)cc2C[C@H]1C. The Bertz CT molecular complexity index is 1110. The summed E-state index contributed by atoms with van der Waals surface area (Å²) in [7, 11) is -3.88. The average molecular weight is 431 g/mol. The van der Waals surface area contributed by atoms with Gasteiger partial charge in [-0.3, -0.25) is 19.1 Å². The van der Waals surface area contributed by atoms with E-state index in [9.17, 15) is 22.8 Å². The van der Waals surface area contributed by atoms with Crippen molar-refractivity contribution in [1.29, 1.82) is 0 Å². The number of carboxylic acids is 1. The van der Waals surface area contributed by atoms with Crippen molar-refractivity contribution in [3.8, 4) is 0 Å². The number of hydrogen-bond acceptors (Lipinski definition) is 5. The van der Waals surface area contributed by atoms with E-state index in [0.29, 0.717) is 12.1 Å². The maximum Gasteiger partial charge on any atom is 0.322 e. The minimum Gasteiger partial charge on any atom is -0.480 e. The second-order valence-corrected chi connectivity index (χ2v) is 8.67. The number of nitrogens with one attached hydrogen (secondary N) is 2. The molecule has 9 nitrogen and oxygen atoms in total. The third-order valence-corrected chi connectivity index (χ3v) is 6.09. The van der Waals surface area contributed by atoms with Crippen molar-refractivity contribution in [2.24, 2.45) is 0 Å². The molecular formula is C20H21N3O6S. The molecule has 3 rings (SSSR count). The minimum absolute atomic E-state index is 0.0387. The number of carbonyl (C=O) groups excluding carboxylic acids is 2. The Kier molecular flexibility index (Phi) is 5.79. The van der Waals surface area contributed by atoms with Crippen LogP contribution in [0.1, 0.15) is 29.8 Å². The molecule has 0 bridgehead atoms. The van der Waals surface area contributed by atoms with Gasteiger partial charge >= 0.3 is 5.97 Å². The van der Waals surface area contributed by atoms with Gasteiger partial charge in [0.2, 0.25) is 5.91 Å². The number of anilines is 2. The highest BCUT2D eigenvalue weighted by molar-refractivity contribution is 7.92. The zero-order valence-electron chi connectivity index (χ0n) is 16.4. The van der Waals surface area contributed by atoms with Crippen LogP contribution >= 0.6 is 0 Å². The minimum atomic E-state index is -3.88. The fourth-order valence-corrected chi connectivity index (χ4v) is 4.53. The fourth-order valence-electron chi connectivity index (χ4n) is 3.42. The van der Waals surface area contributed by atoms with Crippen molar-refractivity contribution in [3.63, 3.8) is 0 Å². The average Bonchev–Trinajstić information content (AvgIpc) is 3.01. The summed E-state index contributed by atoms with van der Waals surface area (Å²) in [6.07, 6.45) is 0.568. The molecule has 0 spiro atoms. The lowest BCUT2D eigenvalue weighted by molar-refractivity contribution is -0.135. The number of benzene rings is 2. The summed E-state index contributed by atoms with van der Waals surface area (Å²) in [6.45, 7) is 2.87. The van der Waals surface area contributed by atoms with E-state index in [4.69, 9.17) is 5.11 Å². The lowest BCUT2D eigenvalue weighted by Crippen LogP contribution is -2.33. The van der Waals surface area contributed by atoms with Gasteiger partial charge in [0.05, 0.1) is 4.90 Å². The first kappa shape index (κ1) is 21.3. The van der Waals surface area contributed by atoms with Gasteiger partial charge in [0.1, 0.15) is 6.54 Å². The largest absolute Gasteiger partial charge is 0.480 e. The molecule has 1 heterocycles. The summed E-state index contributed by atoms with van der Waals surface area (Å²) in [5.41, 5.74) is 1.95. The predicted molar refractivity (Wildman–Crippen MR) is 110 cm³/mol. The molecule has 0 saturated carbocycles. The van der Waals surface area contributed by atoms with E-state index in [2.05, 4.69) is 10.0 Å². The monoisotopic (exact) mass is 431 g/mol. The number of carbonyl (C=O) groups is 3. The maximum atomic E-state index is 12.8. The third kappa shape index (κ3) is 4.43. The van der Waals surface area contributed by atoms with E-state index in [1.165, 1.54) is 37.3 Å². The molecule has 0 unspecified atom stereocenters. The third-order valence-electron chi connectivity index (χ3n) is 4.72. The standard InChI is InChI=1S/C20H21N3O6S/c1-12-9-15-10-17(7-8-18(15)23(12)13(2)24)30(28,29)22-16-5-3-14(4-6-16)20(27)21-11-19(25)26/h3-8,10,12,22H,9,11H2,1-2H3,(H,21,27)(H,25,26)/t12-/m1/s1. The summed E-state index contributed by atoms with van der Waals surface area (Å²) >= 11 is 0. The fraction of sp³-hybridized carbons (Fsp3) is 0.250. The molecule has 2 aromatic rings. The van der Waals surface area contributed by atoms with Crippen LogP contribution in [-0.4, -0.2) is 43.9 Å². The van der Waals surface area contributed by atoms with E-state index >= 15 is 0 Å². The molecule has 2 aromatic carbocycles. The summed E-state index contributed by atoms with van der Waals surface area (Å²) in [4.78, 5) is 35.9.